The van der Waals surface area contributed by atoms with Crippen molar-refractivity contribution in [2.45, 2.75) is 0 Å². The topological polar surface area (TPSA) is 81.5 Å². The first kappa shape index (κ1) is 11.5. The summed E-state index contributed by atoms with van der Waals surface area (Å²) in [4.78, 5) is 19.7. The maximum Gasteiger partial charge on any atom is 0.335 e. The van der Waals surface area contributed by atoms with Gasteiger partial charge in [-0.3, -0.25) is 0 Å². The molecule has 0 spiro atoms. The Morgan fingerprint density at radius 1 is 1.05 bits per heavy atom. The lowest BCUT2D eigenvalue weighted by Gasteiger charge is -2.22. The zero-order chi connectivity index (χ0) is 13.6. The molecule has 0 fully saturated rings. The minimum Gasteiger partial charge on any atom is -0.491 e. The second kappa shape index (κ2) is 3.94. The van der Waals surface area contributed by atoms with Crippen molar-refractivity contribution in [2.24, 2.45) is 0 Å². The van der Waals surface area contributed by atoms with Gasteiger partial charge in [0.25, 0.3) is 0 Å². The monoisotopic (exact) mass is 258 g/mol. The summed E-state index contributed by atoms with van der Waals surface area (Å²) >= 11 is 0. The molecule has 0 aliphatic heterocycles. The highest BCUT2D eigenvalue weighted by Gasteiger charge is 2.32. The molecular weight excluding hydrogens is 248 g/mol. The summed E-state index contributed by atoms with van der Waals surface area (Å²) in [7, 11) is 3.06. The summed E-state index contributed by atoms with van der Waals surface area (Å²) < 4.78 is 10.4. The summed E-state index contributed by atoms with van der Waals surface area (Å²) in [6, 6.07) is 4.62. The molecule has 0 amide bonds. The zero-order valence-corrected chi connectivity index (χ0v) is 10.3. The molecule has 0 bridgehead atoms. The van der Waals surface area contributed by atoms with Crippen LogP contribution in [0.4, 0.5) is 0 Å². The lowest BCUT2D eigenvalue weighted by molar-refractivity contribution is 0.0697. The fourth-order valence-corrected chi connectivity index (χ4v) is 2.04. The van der Waals surface area contributed by atoms with Gasteiger partial charge in [-0.05, 0) is 18.2 Å². The van der Waals surface area contributed by atoms with Gasteiger partial charge in [-0.15, -0.1) is 0 Å². The van der Waals surface area contributed by atoms with E-state index in [-0.39, 0.29) is 5.56 Å². The Morgan fingerprint density at radius 2 is 1.63 bits per heavy atom. The number of hydrogen-bond acceptors (Lipinski definition) is 5. The molecule has 2 aromatic rings. The van der Waals surface area contributed by atoms with Crippen LogP contribution in [0.2, 0.25) is 0 Å². The van der Waals surface area contributed by atoms with E-state index in [1.807, 2.05) is 0 Å². The number of rotatable bonds is 3. The van der Waals surface area contributed by atoms with Crippen molar-refractivity contribution in [1.82, 2.24) is 9.97 Å². The van der Waals surface area contributed by atoms with Gasteiger partial charge in [0.2, 0.25) is 0 Å². The molecule has 3 rings (SSSR count). The molecule has 1 aromatic carbocycles. The van der Waals surface area contributed by atoms with Crippen LogP contribution in [0.3, 0.4) is 0 Å². The van der Waals surface area contributed by atoms with Crippen molar-refractivity contribution in [2.75, 3.05) is 14.2 Å². The van der Waals surface area contributed by atoms with Crippen LogP contribution in [0.15, 0.2) is 18.2 Å². The Hall–Kier alpha value is -2.63. The average Bonchev–Trinajstić information content (AvgIpc) is 2.40. The van der Waals surface area contributed by atoms with Crippen LogP contribution in [-0.2, 0) is 9.47 Å². The molecule has 1 aliphatic carbocycles. The molecule has 6 heteroatoms. The minimum atomic E-state index is -0.994. The van der Waals surface area contributed by atoms with E-state index in [1.54, 1.807) is 6.07 Å². The average molecular weight is 258 g/mol. The zero-order valence-electron chi connectivity index (χ0n) is 10.3. The van der Waals surface area contributed by atoms with Crippen molar-refractivity contribution in [1.29, 1.82) is 0 Å². The van der Waals surface area contributed by atoms with Crippen molar-refractivity contribution < 1.29 is 19.4 Å². The third-order valence-electron chi connectivity index (χ3n) is 2.96. The number of carbonyl (C=O) groups is 1. The van der Waals surface area contributed by atoms with Gasteiger partial charge in [0.1, 0.15) is 11.4 Å². The van der Waals surface area contributed by atoms with E-state index < -0.39 is 5.97 Å². The van der Waals surface area contributed by atoms with E-state index in [2.05, 4.69) is 9.97 Å². The smallest absolute Gasteiger partial charge is 0.335 e. The Balaban J connectivity index is 2.19. The van der Waals surface area contributed by atoms with Gasteiger partial charge in [-0.25, -0.2) is 14.8 Å². The predicted molar refractivity (Wildman–Crippen MR) is 67.3 cm³/mol. The molecule has 6 nitrogen and oxygen atoms in total. The van der Waals surface area contributed by atoms with Gasteiger partial charge in [0, 0.05) is 0 Å². The third-order valence-corrected chi connectivity index (χ3v) is 2.96. The Bertz CT molecular complexity index is 737. The van der Waals surface area contributed by atoms with Gasteiger partial charge in [0.05, 0.1) is 30.8 Å². The molecule has 1 aliphatic rings. The molecule has 96 valence electrons. The molecule has 0 radical (unpaired) electrons. The maximum atomic E-state index is 10.9. The standard InChI is InChI=1S/C13H10N2O4/c1-18-11-9-10(12(11)19-2)15-8-5-6(13(16)17)3-4-7(8)14-9/h3-5H,1-2H3,(H,16,17). The maximum absolute atomic E-state index is 10.9. The summed E-state index contributed by atoms with van der Waals surface area (Å²) in [6.07, 6.45) is 0. The summed E-state index contributed by atoms with van der Waals surface area (Å²) in [5.41, 5.74) is 2.54. The number of nitrogens with zero attached hydrogens (tertiary/aromatic N) is 2. The van der Waals surface area contributed by atoms with Crippen molar-refractivity contribution >= 4 is 28.5 Å². The lowest BCUT2D eigenvalue weighted by Crippen LogP contribution is -2.14. The lowest BCUT2D eigenvalue weighted by atomic mass is 10.0. The van der Waals surface area contributed by atoms with Crippen molar-refractivity contribution in [3.8, 4) is 0 Å². The first-order valence-electron chi connectivity index (χ1n) is 5.53. The molecule has 1 N–H and O–H groups in total. The van der Waals surface area contributed by atoms with E-state index >= 15 is 0 Å². The van der Waals surface area contributed by atoms with E-state index in [4.69, 9.17) is 14.6 Å². The number of carboxylic acid groups (broad SMARTS) is 1. The van der Waals surface area contributed by atoms with Crippen LogP contribution in [-0.4, -0.2) is 35.3 Å². The van der Waals surface area contributed by atoms with Crippen molar-refractivity contribution in [3.63, 3.8) is 0 Å². The number of carboxylic acids is 1. The first-order valence-corrected chi connectivity index (χ1v) is 5.53. The Kier molecular flexibility index (Phi) is 2.38. The van der Waals surface area contributed by atoms with E-state index in [9.17, 15) is 4.79 Å². The molecule has 19 heavy (non-hydrogen) atoms. The number of aromatic carboxylic acids is 1. The highest BCUT2D eigenvalue weighted by molar-refractivity contribution is 5.98. The Labute approximate surface area is 108 Å². The van der Waals surface area contributed by atoms with E-state index in [0.717, 1.165) is 0 Å². The summed E-state index contributed by atoms with van der Waals surface area (Å²) in [6.45, 7) is 0. The van der Waals surface area contributed by atoms with E-state index in [1.165, 1.54) is 26.4 Å². The molecule has 0 unspecified atom stereocenters. The van der Waals surface area contributed by atoms with Crippen molar-refractivity contribution in [3.05, 3.63) is 35.2 Å². The third kappa shape index (κ3) is 1.53. The van der Waals surface area contributed by atoms with Gasteiger partial charge in [-0.1, -0.05) is 0 Å². The number of hydrogen-bond donors (Lipinski definition) is 1. The largest absolute Gasteiger partial charge is 0.491 e. The highest BCUT2D eigenvalue weighted by atomic mass is 16.5. The second-order valence-corrected chi connectivity index (χ2v) is 4.00. The summed E-state index contributed by atoms with van der Waals surface area (Å²) in [5.74, 6) is 0.105. The minimum absolute atomic E-state index is 0.177. The van der Waals surface area contributed by atoms with Crippen LogP contribution in [0.5, 0.6) is 0 Å². The van der Waals surface area contributed by atoms with Gasteiger partial charge < -0.3 is 14.6 Å². The predicted octanol–water partition coefficient (Wildman–Crippen LogP) is 1.76. The van der Waals surface area contributed by atoms with E-state index in [0.29, 0.717) is 33.9 Å². The molecular formula is C13H10N2O4. The fourth-order valence-electron chi connectivity index (χ4n) is 2.04. The van der Waals surface area contributed by atoms with Crippen LogP contribution in [0, 0.1) is 0 Å². The van der Waals surface area contributed by atoms with Crippen LogP contribution < -0.4 is 0 Å². The van der Waals surface area contributed by atoms with Crippen LogP contribution in [0.25, 0.3) is 22.6 Å². The molecule has 1 heterocycles. The van der Waals surface area contributed by atoms with Crippen LogP contribution in [0.1, 0.15) is 21.7 Å². The first-order chi connectivity index (χ1) is 9.15. The molecule has 0 saturated carbocycles. The number of aromatic nitrogens is 2. The van der Waals surface area contributed by atoms with Gasteiger partial charge >= 0.3 is 5.97 Å². The summed E-state index contributed by atoms with van der Waals surface area (Å²) in [5, 5.41) is 8.96. The normalized spacial score (nSPS) is 12.9. The van der Waals surface area contributed by atoms with Gasteiger partial charge in [-0.2, -0.15) is 0 Å². The second-order valence-electron chi connectivity index (χ2n) is 4.00. The van der Waals surface area contributed by atoms with Gasteiger partial charge in [0.15, 0.2) is 11.5 Å². The number of benzene rings is 1. The SMILES string of the molecule is COC1=C(OC)c2nc3cc(C(=O)O)ccc3nc21. The number of fused-ring (bicyclic) bond motifs is 2. The Morgan fingerprint density at radius 3 is 2.16 bits per heavy atom. The fraction of sp³-hybridized carbons (Fsp3) is 0.154. The molecule has 1 aromatic heterocycles. The number of methoxy groups -OCH3 is 2. The number of ether oxygens (including phenoxy) is 2. The molecule has 0 saturated heterocycles. The highest BCUT2D eigenvalue weighted by Crippen LogP contribution is 2.39. The van der Waals surface area contributed by atoms with Crippen LogP contribution >= 0.6 is 0 Å². The quantitative estimate of drug-likeness (QED) is 0.903. The molecule has 0 atom stereocenters.